The van der Waals surface area contributed by atoms with Gasteiger partial charge in [-0.3, -0.25) is 14.4 Å². The van der Waals surface area contributed by atoms with Crippen molar-refractivity contribution in [2.24, 2.45) is 0 Å². The van der Waals surface area contributed by atoms with Crippen molar-refractivity contribution in [3.8, 4) is 0 Å². The average Bonchev–Trinajstić information content (AvgIpc) is 2.40. The minimum atomic E-state index is 0.853. The zero-order chi connectivity index (χ0) is 12.7. The first-order valence-corrected chi connectivity index (χ1v) is 6.97. The van der Waals surface area contributed by atoms with Crippen LogP contribution in [0.3, 0.4) is 0 Å². The predicted molar refractivity (Wildman–Crippen MR) is 71.7 cm³/mol. The summed E-state index contributed by atoms with van der Waals surface area (Å²) in [6, 6.07) is 0. The second-order valence-corrected chi connectivity index (χ2v) is 4.24. The molecule has 17 heavy (non-hydrogen) atoms. The number of guanidine groups is 1. The van der Waals surface area contributed by atoms with Crippen LogP contribution in [-0.2, 0) is 4.74 Å². The van der Waals surface area contributed by atoms with Crippen LogP contribution in [0.25, 0.3) is 0 Å². The third-order valence-electron chi connectivity index (χ3n) is 3.39. The normalized spacial score (nSPS) is 15.9. The summed E-state index contributed by atoms with van der Waals surface area (Å²) in [6.07, 6.45) is 0. The highest BCUT2D eigenvalue weighted by Gasteiger charge is 2.26. The van der Waals surface area contributed by atoms with Gasteiger partial charge in [0.05, 0.1) is 52.5 Å². The summed E-state index contributed by atoms with van der Waals surface area (Å²) in [5.41, 5.74) is 0. The highest BCUT2D eigenvalue weighted by Crippen LogP contribution is 2.02. The lowest BCUT2D eigenvalue weighted by Crippen LogP contribution is -2.51. The maximum atomic E-state index is 5.45. The van der Waals surface area contributed by atoms with Gasteiger partial charge in [0.15, 0.2) is 0 Å². The van der Waals surface area contributed by atoms with Crippen LogP contribution in [0.15, 0.2) is 0 Å². The molecule has 0 atom stereocenters. The van der Waals surface area contributed by atoms with E-state index in [0.717, 1.165) is 52.5 Å². The predicted octanol–water partition coefficient (Wildman–Crippen LogP) is 1.07. The van der Waals surface area contributed by atoms with Gasteiger partial charge in [-0.05, 0) is 27.7 Å². The highest BCUT2D eigenvalue weighted by atomic mass is 16.5. The summed E-state index contributed by atoms with van der Waals surface area (Å²) in [6.45, 7) is 16.9. The molecule has 100 valence electrons. The molecule has 0 spiro atoms. The molecule has 1 aliphatic rings. The Balaban J connectivity index is 2.97. The molecule has 0 amide bonds. The summed E-state index contributed by atoms with van der Waals surface area (Å²) in [7, 11) is 0. The number of hydrogen-bond donors (Lipinski definition) is 0. The van der Waals surface area contributed by atoms with Crippen molar-refractivity contribution in [1.82, 2.24) is 9.80 Å². The van der Waals surface area contributed by atoms with Gasteiger partial charge in [0.1, 0.15) is 0 Å². The van der Waals surface area contributed by atoms with Gasteiger partial charge in [0.25, 0.3) is 0 Å². The van der Waals surface area contributed by atoms with E-state index >= 15 is 0 Å². The van der Waals surface area contributed by atoms with Gasteiger partial charge in [-0.25, -0.2) is 0 Å². The Morgan fingerprint density at radius 2 is 1.29 bits per heavy atom. The smallest absolute Gasteiger partial charge is 0.350 e. The van der Waals surface area contributed by atoms with Crippen molar-refractivity contribution in [2.45, 2.75) is 27.7 Å². The van der Waals surface area contributed by atoms with Gasteiger partial charge >= 0.3 is 5.96 Å². The fraction of sp³-hybridized carbons (Fsp3) is 0.923. The molecule has 1 saturated heterocycles. The molecule has 1 fully saturated rings. The summed E-state index contributed by atoms with van der Waals surface area (Å²) in [4.78, 5) is 4.91. The number of nitrogens with zero attached hydrogens (tertiary/aromatic N) is 3. The van der Waals surface area contributed by atoms with Gasteiger partial charge in [-0.1, -0.05) is 0 Å². The van der Waals surface area contributed by atoms with Crippen LogP contribution in [0.2, 0.25) is 0 Å². The Hall–Kier alpha value is -0.770. The minimum Gasteiger partial charge on any atom is -0.375 e. The molecule has 0 aromatic rings. The van der Waals surface area contributed by atoms with E-state index in [4.69, 9.17) is 4.74 Å². The van der Waals surface area contributed by atoms with E-state index in [1.165, 1.54) is 5.96 Å². The van der Waals surface area contributed by atoms with Crippen LogP contribution < -0.4 is 0 Å². The van der Waals surface area contributed by atoms with Gasteiger partial charge in [-0.15, -0.1) is 0 Å². The van der Waals surface area contributed by atoms with E-state index in [1.807, 2.05) is 0 Å². The van der Waals surface area contributed by atoms with Crippen molar-refractivity contribution in [2.75, 3.05) is 52.5 Å². The fourth-order valence-corrected chi connectivity index (χ4v) is 2.38. The number of morpholine rings is 1. The van der Waals surface area contributed by atoms with Crippen molar-refractivity contribution >= 4 is 5.96 Å². The van der Waals surface area contributed by atoms with Crippen molar-refractivity contribution in [3.05, 3.63) is 0 Å². The largest absolute Gasteiger partial charge is 0.375 e. The molecule has 0 N–H and O–H groups in total. The minimum absolute atomic E-state index is 0.853. The first-order chi connectivity index (χ1) is 8.28. The summed E-state index contributed by atoms with van der Waals surface area (Å²) < 4.78 is 7.93. The molecule has 1 aliphatic heterocycles. The van der Waals surface area contributed by atoms with Crippen LogP contribution in [0, 0.1) is 0 Å². The number of ether oxygens (including phenoxy) is 1. The zero-order valence-corrected chi connectivity index (χ0v) is 11.9. The molecule has 4 heteroatoms. The lowest BCUT2D eigenvalue weighted by Gasteiger charge is -2.29. The first kappa shape index (κ1) is 14.3. The third-order valence-corrected chi connectivity index (χ3v) is 3.39. The van der Waals surface area contributed by atoms with Crippen molar-refractivity contribution in [3.63, 3.8) is 0 Å². The Morgan fingerprint density at radius 3 is 1.65 bits per heavy atom. The molecular formula is C13H28N3O+. The molecule has 1 heterocycles. The highest BCUT2D eigenvalue weighted by molar-refractivity contribution is 5.75. The number of rotatable bonds is 4. The maximum Gasteiger partial charge on any atom is 0.350 e. The molecule has 0 unspecified atom stereocenters. The topological polar surface area (TPSA) is 18.7 Å². The van der Waals surface area contributed by atoms with Crippen LogP contribution in [0.4, 0.5) is 0 Å². The molecule has 0 bridgehead atoms. The molecule has 0 aromatic heterocycles. The lowest BCUT2D eigenvalue weighted by molar-refractivity contribution is -0.558. The molecule has 0 aliphatic carbocycles. The lowest BCUT2D eigenvalue weighted by atomic mass is 10.4. The molecular weight excluding hydrogens is 214 g/mol. The van der Waals surface area contributed by atoms with Crippen LogP contribution >= 0.6 is 0 Å². The SMILES string of the molecule is CCN(CC)C(N(CC)CC)=[N+]1CCOCC1. The van der Waals surface area contributed by atoms with Gasteiger partial charge in [-0.2, -0.15) is 0 Å². The number of hydrogen-bond acceptors (Lipinski definition) is 1. The third kappa shape index (κ3) is 3.60. The Labute approximate surface area is 106 Å². The zero-order valence-electron chi connectivity index (χ0n) is 11.9. The second-order valence-electron chi connectivity index (χ2n) is 4.24. The van der Waals surface area contributed by atoms with E-state index in [2.05, 4.69) is 42.1 Å². The van der Waals surface area contributed by atoms with E-state index in [-0.39, 0.29) is 0 Å². The summed E-state index contributed by atoms with van der Waals surface area (Å²) in [5.74, 6) is 1.39. The average molecular weight is 242 g/mol. The van der Waals surface area contributed by atoms with E-state index in [9.17, 15) is 0 Å². The summed E-state index contributed by atoms with van der Waals surface area (Å²) in [5, 5.41) is 0. The molecule has 0 radical (unpaired) electrons. The Morgan fingerprint density at radius 1 is 0.882 bits per heavy atom. The molecule has 0 aromatic carbocycles. The molecule has 4 nitrogen and oxygen atoms in total. The fourth-order valence-electron chi connectivity index (χ4n) is 2.38. The van der Waals surface area contributed by atoms with Crippen LogP contribution in [0.5, 0.6) is 0 Å². The van der Waals surface area contributed by atoms with E-state index < -0.39 is 0 Å². The second kappa shape index (κ2) is 7.54. The summed E-state index contributed by atoms with van der Waals surface area (Å²) >= 11 is 0. The first-order valence-electron chi connectivity index (χ1n) is 6.97. The molecule has 0 saturated carbocycles. The molecule has 1 rings (SSSR count). The van der Waals surface area contributed by atoms with Gasteiger partial charge in [0, 0.05) is 0 Å². The Kier molecular flexibility index (Phi) is 6.34. The van der Waals surface area contributed by atoms with Crippen LogP contribution in [0.1, 0.15) is 27.7 Å². The van der Waals surface area contributed by atoms with Crippen molar-refractivity contribution < 1.29 is 9.31 Å². The Bertz CT molecular complexity index is 223. The maximum absolute atomic E-state index is 5.45. The standard InChI is InChI=1S/C13H28N3O/c1-5-14(6-2)13(15(7-3)8-4)16-9-11-17-12-10-16/h5-12H2,1-4H3/q+1. The monoisotopic (exact) mass is 242 g/mol. The van der Waals surface area contributed by atoms with E-state index in [0.29, 0.717) is 0 Å². The van der Waals surface area contributed by atoms with Crippen molar-refractivity contribution in [1.29, 1.82) is 0 Å². The van der Waals surface area contributed by atoms with Gasteiger partial charge in [0.2, 0.25) is 0 Å². The van der Waals surface area contributed by atoms with Gasteiger partial charge < -0.3 is 4.74 Å². The van der Waals surface area contributed by atoms with E-state index in [1.54, 1.807) is 0 Å². The van der Waals surface area contributed by atoms with Crippen LogP contribution in [-0.4, -0.2) is 72.8 Å². The quantitative estimate of drug-likeness (QED) is 0.543.